The number of nitrogens with zero attached hydrogens (tertiary/aromatic N) is 2. The number of piperazine rings is 1. The monoisotopic (exact) mass is 308 g/mol. The molecule has 0 radical (unpaired) electrons. The number of hydrogen-bond donors (Lipinski definition) is 2. The van der Waals surface area contributed by atoms with E-state index in [1.165, 1.54) is 0 Å². The zero-order valence-electron chi connectivity index (χ0n) is 13.7. The summed E-state index contributed by atoms with van der Waals surface area (Å²) in [5.41, 5.74) is 2.26. The summed E-state index contributed by atoms with van der Waals surface area (Å²) in [5, 5.41) is 19.1. The molecule has 1 heterocycles. The van der Waals surface area contributed by atoms with Crippen molar-refractivity contribution < 1.29 is 14.9 Å². The van der Waals surface area contributed by atoms with Crippen molar-refractivity contribution in [2.75, 3.05) is 52.5 Å². The van der Waals surface area contributed by atoms with E-state index >= 15 is 0 Å². The van der Waals surface area contributed by atoms with Gasteiger partial charge in [-0.05, 0) is 31.0 Å². The van der Waals surface area contributed by atoms with Gasteiger partial charge in [-0.3, -0.25) is 9.80 Å². The molecule has 0 aromatic heterocycles. The van der Waals surface area contributed by atoms with Crippen molar-refractivity contribution in [3.8, 4) is 5.75 Å². The Hall–Kier alpha value is -1.14. The summed E-state index contributed by atoms with van der Waals surface area (Å²) >= 11 is 0. The van der Waals surface area contributed by atoms with Crippen molar-refractivity contribution >= 4 is 0 Å². The van der Waals surface area contributed by atoms with Crippen LogP contribution in [0.4, 0.5) is 0 Å². The number of aryl methyl sites for hydroxylation is 2. The van der Waals surface area contributed by atoms with Gasteiger partial charge < -0.3 is 14.9 Å². The SMILES string of the molecule is Cc1ccc(C)c(OC[C@@H](O)CN2CCN(CCO)CC2)c1. The summed E-state index contributed by atoms with van der Waals surface area (Å²) in [6.07, 6.45) is -0.482. The lowest BCUT2D eigenvalue weighted by molar-refractivity contribution is 0.0427. The highest BCUT2D eigenvalue weighted by molar-refractivity contribution is 5.35. The second-order valence-electron chi connectivity index (χ2n) is 6.10. The number of ether oxygens (including phenoxy) is 1. The molecule has 0 amide bonds. The predicted octanol–water partition coefficient (Wildman–Crippen LogP) is 0.653. The molecule has 2 rings (SSSR count). The fraction of sp³-hybridized carbons (Fsp3) is 0.647. The molecule has 22 heavy (non-hydrogen) atoms. The smallest absolute Gasteiger partial charge is 0.122 e. The van der Waals surface area contributed by atoms with Crippen molar-refractivity contribution in [1.29, 1.82) is 0 Å². The van der Waals surface area contributed by atoms with Crippen LogP contribution in [0.2, 0.25) is 0 Å². The molecule has 0 aliphatic carbocycles. The van der Waals surface area contributed by atoms with Gasteiger partial charge in [0.15, 0.2) is 0 Å². The fourth-order valence-corrected chi connectivity index (χ4v) is 2.74. The molecular weight excluding hydrogens is 280 g/mol. The molecule has 0 bridgehead atoms. The molecule has 0 unspecified atom stereocenters. The molecule has 0 spiro atoms. The van der Waals surface area contributed by atoms with E-state index in [0.717, 1.165) is 49.6 Å². The van der Waals surface area contributed by atoms with Gasteiger partial charge in [-0.25, -0.2) is 0 Å². The maximum absolute atomic E-state index is 10.2. The minimum absolute atomic E-state index is 0.215. The molecule has 2 N–H and O–H groups in total. The Morgan fingerprint density at radius 3 is 2.50 bits per heavy atom. The summed E-state index contributed by atoms with van der Waals surface area (Å²) in [4.78, 5) is 4.50. The summed E-state index contributed by atoms with van der Waals surface area (Å²) in [6, 6.07) is 6.11. The van der Waals surface area contributed by atoms with E-state index in [4.69, 9.17) is 9.84 Å². The Balaban J connectivity index is 1.72. The van der Waals surface area contributed by atoms with Crippen molar-refractivity contribution in [1.82, 2.24) is 9.80 Å². The highest BCUT2D eigenvalue weighted by Gasteiger charge is 2.19. The molecule has 5 heteroatoms. The third kappa shape index (κ3) is 5.25. The van der Waals surface area contributed by atoms with Crippen LogP contribution >= 0.6 is 0 Å². The number of benzene rings is 1. The summed E-state index contributed by atoms with van der Waals surface area (Å²) < 4.78 is 5.76. The summed E-state index contributed by atoms with van der Waals surface area (Å²) in [5.74, 6) is 0.854. The van der Waals surface area contributed by atoms with Crippen LogP contribution in [0.5, 0.6) is 5.75 Å². The lowest BCUT2D eigenvalue weighted by Gasteiger charge is -2.35. The van der Waals surface area contributed by atoms with Crippen LogP contribution in [-0.2, 0) is 0 Å². The maximum Gasteiger partial charge on any atom is 0.122 e. The third-order valence-corrected chi connectivity index (χ3v) is 4.12. The van der Waals surface area contributed by atoms with Crippen LogP contribution in [0.3, 0.4) is 0 Å². The first-order valence-corrected chi connectivity index (χ1v) is 8.02. The van der Waals surface area contributed by atoms with Crippen LogP contribution in [0.1, 0.15) is 11.1 Å². The first-order valence-electron chi connectivity index (χ1n) is 8.02. The van der Waals surface area contributed by atoms with Gasteiger partial charge in [0, 0.05) is 39.3 Å². The lowest BCUT2D eigenvalue weighted by Crippen LogP contribution is -2.49. The van der Waals surface area contributed by atoms with Gasteiger partial charge in [-0.15, -0.1) is 0 Å². The summed E-state index contributed by atoms with van der Waals surface area (Å²) in [7, 11) is 0. The quantitative estimate of drug-likeness (QED) is 0.775. The molecule has 1 atom stereocenters. The number of hydrogen-bond acceptors (Lipinski definition) is 5. The van der Waals surface area contributed by atoms with Crippen LogP contribution in [0.25, 0.3) is 0 Å². The van der Waals surface area contributed by atoms with Gasteiger partial charge in [-0.1, -0.05) is 12.1 Å². The van der Waals surface area contributed by atoms with E-state index < -0.39 is 6.10 Å². The minimum atomic E-state index is -0.482. The zero-order chi connectivity index (χ0) is 15.9. The Labute approximate surface area is 133 Å². The molecule has 1 aliphatic rings. The number of aliphatic hydroxyl groups is 2. The van der Waals surface area contributed by atoms with Crippen LogP contribution in [0, 0.1) is 13.8 Å². The van der Waals surface area contributed by atoms with E-state index in [9.17, 15) is 5.11 Å². The number of rotatable bonds is 7. The Kier molecular flexibility index (Phi) is 6.64. The normalized spacial score (nSPS) is 18.4. The molecule has 1 saturated heterocycles. The van der Waals surface area contributed by atoms with Gasteiger partial charge in [0.05, 0.1) is 6.61 Å². The highest BCUT2D eigenvalue weighted by Crippen LogP contribution is 2.19. The Bertz CT molecular complexity index is 459. The molecular formula is C17H28N2O3. The van der Waals surface area contributed by atoms with E-state index in [1.54, 1.807) is 0 Å². The van der Waals surface area contributed by atoms with Crippen molar-refractivity contribution in [3.05, 3.63) is 29.3 Å². The Morgan fingerprint density at radius 2 is 1.82 bits per heavy atom. The van der Waals surface area contributed by atoms with Crippen LogP contribution < -0.4 is 4.74 Å². The van der Waals surface area contributed by atoms with E-state index in [0.29, 0.717) is 13.2 Å². The fourth-order valence-electron chi connectivity index (χ4n) is 2.74. The zero-order valence-corrected chi connectivity index (χ0v) is 13.7. The topological polar surface area (TPSA) is 56.2 Å². The summed E-state index contributed by atoms with van der Waals surface area (Å²) in [6.45, 7) is 9.73. The van der Waals surface area contributed by atoms with Crippen molar-refractivity contribution in [3.63, 3.8) is 0 Å². The highest BCUT2D eigenvalue weighted by atomic mass is 16.5. The Morgan fingerprint density at radius 1 is 1.14 bits per heavy atom. The maximum atomic E-state index is 10.2. The van der Waals surface area contributed by atoms with Gasteiger partial charge in [0.25, 0.3) is 0 Å². The molecule has 0 saturated carbocycles. The van der Waals surface area contributed by atoms with Gasteiger partial charge >= 0.3 is 0 Å². The van der Waals surface area contributed by atoms with Crippen LogP contribution in [-0.4, -0.2) is 78.6 Å². The molecule has 1 aromatic carbocycles. The van der Waals surface area contributed by atoms with Crippen molar-refractivity contribution in [2.24, 2.45) is 0 Å². The minimum Gasteiger partial charge on any atom is -0.491 e. The first-order chi connectivity index (χ1) is 10.6. The number of β-amino-alcohol motifs (C(OH)–C–C–N with tert-alkyl or cyclic N) is 2. The molecule has 1 fully saturated rings. The van der Waals surface area contributed by atoms with Crippen LogP contribution in [0.15, 0.2) is 18.2 Å². The standard InChI is InChI=1S/C17H28N2O3/c1-14-3-4-15(2)17(11-14)22-13-16(21)12-19-7-5-18(6-8-19)9-10-20/h3-4,11,16,20-21H,5-10,12-13H2,1-2H3/t16-/m0/s1. The largest absolute Gasteiger partial charge is 0.491 e. The average Bonchev–Trinajstić information content (AvgIpc) is 2.50. The van der Waals surface area contributed by atoms with Gasteiger partial charge in [-0.2, -0.15) is 0 Å². The van der Waals surface area contributed by atoms with E-state index in [1.807, 2.05) is 26.0 Å². The van der Waals surface area contributed by atoms with Gasteiger partial charge in [0.2, 0.25) is 0 Å². The van der Waals surface area contributed by atoms with Gasteiger partial charge in [0.1, 0.15) is 18.5 Å². The molecule has 1 aromatic rings. The van der Waals surface area contributed by atoms with E-state index in [2.05, 4.69) is 15.9 Å². The van der Waals surface area contributed by atoms with Crippen molar-refractivity contribution in [2.45, 2.75) is 20.0 Å². The lowest BCUT2D eigenvalue weighted by atomic mass is 10.1. The van der Waals surface area contributed by atoms with E-state index in [-0.39, 0.29) is 6.61 Å². The third-order valence-electron chi connectivity index (χ3n) is 4.12. The molecule has 1 aliphatic heterocycles. The molecule has 124 valence electrons. The first kappa shape index (κ1) is 17.2. The number of aliphatic hydroxyl groups excluding tert-OH is 2. The average molecular weight is 308 g/mol. The second kappa shape index (κ2) is 8.48. The predicted molar refractivity (Wildman–Crippen MR) is 87.4 cm³/mol. The second-order valence-corrected chi connectivity index (χ2v) is 6.10. The molecule has 5 nitrogen and oxygen atoms in total.